The fourth-order valence-corrected chi connectivity index (χ4v) is 6.76. The highest BCUT2D eigenvalue weighted by Crippen LogP contribution is 2.56. The second kappa shape index (κ2) is 10.9. The zero-order valence-electron chi connectivity index (χ0n) is 22.2. The van der Waals surface area contributed by atoms with Gasteiger partial charge in [-0.05, 0) is 77.8 Å². The Morgan fingerprint density at radius 1 is 1.00 bits per heavy atom. The van der Waals surface area contributed by atoms with E-state index in [1.165, 1.54) is 30.3 Å². The Balaban J connectivity index is 1.64. The van der Waals surface area contributed by atoms with Gasteiger partial charge in [0.25, 0.3) is 0 Å². The minimum Gasteiger partial charge on any atom is -0.481 e. The Hall–Kier alpha value is -3.69. The highest BCUT2D eigenvalue weighted by molar-refractivity contribution is 5.80. The summed E-state index contributed by atoms with van der Waals surface area (Å²) in [6.07, 6.45) is -6.60. The van der Waals surface area contributed by atoms with E-state index >= 15 is 0 Å². The molecule has 1 heterocycles. The van der Waals surface area contributed by atoms with Gasteiger partial charge in [0, 0.05) is 17.6 Å². The number of carboxylic acid groups (broad SMARTS) is 1. The number of carbonyl (C=O) groups is 1. The van der Waals surface area contributed by atoms with Crippen molar-refractivity contribution in [3.63, 3.8) is 0 Å². The normalized spacial score (nSPS) is 21.2. The van der Waals surface area contributed by atoms with Crippen LogP contribution in [0.15, 0.2) is 66.7 Å². The van der Waals surface area contributed by atoms with Gasteiger partial charge in [-0.3, -0.25) is 4.79 Å². The summed E-state index contributed by atoms with van der Waals surface area (Å²) in [5.41, 5.74) is 2.93. The van der Waals surface area contributed by atoms with Crippen molar-refractivity contribution in [1.29, 1.82) is 0 Å². The fourth-order valence-electron chi connectivity index (χ4n) is 6.76. The molecule has 1 aliphatic heterocycles. The van der Waals surface area contributed by atoms with Gasteiger partial charge in [0.15, 0.2) is 0 Å². The smallest absolute Gasteiger partial charge is 0.481 e. The van der Waals surface area contributed by atoms with Crippen LogP contribution in [0.5, 0.6) is 5.75 Å². The number of rotatable bonds is 7. The molecular formula is C31H29F6NO3. The molecule has 0 radical (unpaired) electrons. The van der Waals surface area contributed by atoms with Gasteiger partial charge in [0.2, 0.25) is 0 Å². The molecule has 0 saturated heterocycles. The number of hydrogen-bond acceptors (Lipinski definition) is 3. The number of aliphatic carboxylic acids is 1. The van der Waals surface area contributed by atoms with Gasteiger partial charge in [0.05, 0.1) is 18.0 Å². The predicted octanol–water partition coefficient (Wildman–Crippen LogP) is 8.97. The summed E-state index contributed by atoms with van der Waals surface area (Å²) in [7, 11) is 0. The van der Waals surface area contributed by atoms with Crippen molar-refractivity contribution < 1.29 is 41.0 Å². The highest BCUT2D eigenvalue weighted by Gasteiger charge is 2.48. The lowest BCUT2D eigenvalue weighted by molar-refractivity contribution is -0.274. The van der Waals surface area contributed by atoms with Crippen LogP contribution in [0.25, 0.3) is 11.1 Å². The Labute approximate surface area is 233 Å². The molecule has 10 heteroatoms. The maximum Gasteiger partial charge on any atom is 0.573 e. The van der Waals surface area contributed by atoms with E-state index < -0.39 is 24.1 Å². The average molecular weight is 578 g/mol. The molecule has 2 aliphatic rings. The number of hydrogen-bond donors (Lipinski definition) is 1. The van der Waals surface area contributed by atoms with Gasteiger partial charge >= 0.3 is 18.5 Å². The third-order valence-corrected chi connectivity index (χ3v) is 8.20. The first-order valence-electron chi connectivity index (χ1n) is 13.5. The number of fused-ring (bicyclic) bond motifs is 3. The van der Waals surface area contributed by atoms with Crippen molar-refractivity contribution in [1.82, 2.24) is 0 Å². The molecule has 4 unspecified atom stereocenters. The zero-order chi connectivity index (χ0) is 29.5. The topological polar surface area (TPSA) is 49.8 Å². The molecule has 1 saturated carbocycles. The molecule has 3 aromatic rings. The summed E-state index contributed by atoms with van der Waals surface area (Å²) in [5, 5.41) is 9.73. The van der Waals surface area contributed by atoms with E-state index in [0.29, 0.717) is 24.0 Å². The predicted molar refractivity (Wildman–Crippen MR) is 142 cm³/mol. The number of alkyl halides is 6. The summed E-state index contributed by atoms with van der Waals surface area (Å²) < 4.78 is 82.9. The maximum atomic E-state index is 13.3. The van der Waals surface area contributed by atoms with Crippen LogP contribution in [0.2, 0.25) is 0 Å². The third kappa shape index (κ3) is 5.87. The number of halogens is 6. The lowest BCUT2D eigenvalue weighted by Crippen LogP contribution is -2.45. The van der Waals surface area contributed by atoms with Gasteiger partial charge in [-0.15, -0.1) is 13.2 Å². The number of ether oxygens (including phenoxy) is 1. The SMILES string of the molecule is CCC(c1ccc(C(F)(F)F)cc1)N1c2cccc(-c3cccc(OC(F)(F)F)c3)c2C2CCCC(CC(=O)O)C21. The molecule has 218 valence electrons. The van der Waals surface area contributed by atoms with E-state index in [1.54, 1.807) is 6.07 Å². The van der Waals surface area contributed by atoms with Crippen LogP contribution in [-0.2, 0) is 11.0 Å². The van der Waals surface area contributed by atoms with E-state index in [9.17, 15) is 36.2 Å². The summed E-state index contributed by atoms with van der Waals surface area (Å²) in [6, 6.07) is 15.8. The first-order chi connectivity index (χ1) is 19.4. The Bertz CT molecular complexity index is 1400. The van der Waals surface area contributed by atoms with Crippen molar-refractivity contribution in [2.24, 2.45) is 5.92 Å². The molecule has 1 N–H and O–H groups in total. The molecule has 4 atom stereocenters. The zero-order valence-corrected chi connectivity index (χ0v) is 22.2. The summed E-state index contributed by atoms with van der Waals surface area (Å²) in [4.78, 5) is 14.0. The minimum absolute atomic E-state index is 0.0562. The molecule has 1 aliphatic carbocycles. The highest BCUT2D eigenvalue weighted by atomic mass is 19.4. The minimum atomic E-state index is -4.84. The summed E-state index contributed by atoms with van der Waals surface area (Å²) in [6.45, 7) is 1.94. The van der Waals surface area contributed by atoms with Crippen molar-refractivity contribution >= 4 is 11.7 Å². The monoisotopic (exact) mass is 577 g/mol. The second-order valence-electron chi connectivity index (χ2n) is 10.7. The summed E-state index contributed by atoms with van der Waals surface area (Å²) in [5.74, 6) is -1.58. The van der Waals surface area contributed by atoms with Gasteiger partial charge in [-0.1, -0.05) is 49.7 Å². The van der Waals surface area contributed by atoms with Crippen molar-refractivity contribution in [2.75, 3.05) is 4.90 Å². The number of nitrogens with zero attached hydrogens (tertiary/aromatic N) is 1. The molecule has 0 aromatic heterocycles. The van der Waals surface area contributed by atoms with Gasteiger partial charge < -0.3 is 14.7 Å². The lowest BCUT2D eigenvalue weighted by atomic mass is 9.73. The quantitative estimate of drug-likeness (QED) is 0.285. The largest absolute Gasteiger partial charge is 0.573 e. The van der Waals surface area contributed by atoms with E-state index in [0.717, 1.165) is 41.8 Å². The molecule has 3 aromatic carbocycles. The molecular weight excluding hydrogens is 548 g/mol. The number of anilines is 1. The van der Waals surface area contributed by atoms with Crippen LogP contribution in [0, 0.1) is 5.92 Å². The first-order valence-corrected chi connectivity index (χ1v) is 13.5. The fraction of sp³-hybridized carbons (Fsp3) is 0.387. The van der Waals surface area contributed by atoms with Crippen LogP contribution in [-0.4, -0.2) is 23.5 Å². The molecule has 41 heavy (non-hydrogen) atoms. The van der Waals surface area contributed by atoms with E-state index in [1.807, 2.05) is 25.1 Å². The average Bonchev–Trinajstić information content (AvgIpc) is 3.23. The maximum absolute atomic E-state index is 13.3. The van der Waals surface area contributed by atoms with E-state index in [2.05, 4.69) is 9.64 Å². The van der Waals surface area contributed by atoms with Gasteiger partial charge in [-0.25, -0.2) is 0 Å². The van der Waals surface area contributed by atoms with Crippen LogP contribution in [0.3, 0.4) is 0 Å². The second-order valence-corrected chi connectivity index (χ2v) is 10.7. The lowest BCUT2D eigenvalue weighted by Gasteiger charge is -2.43. The van der Waals surface area contributed by atoms with Crippen molar-refractivity contribution in [2.45, 2.75) is 69.6 Å². The first kappa shape index (κ1) is 28.8. The summed E-state index contributed by atoms with van der Waals surface area (Å²) >= 11 is 0. The molecule has 0 amide bonds. The van der Waals surface area contributed by atoms with Gasteiger partial charge in [-0.2, -0.15) is 13.2 Å². The molecule has 1 fully saturated rings. The Morgan fingerprint density at radius 3 is 2.34 bits per heavy atom. The van der Waals surface area contributed by atoms with Gasteiger partial charge in [0.1, 0.15) is 5.75 Å². The van der Waals surface area contributed by atoms with Crippen LogP contribution >= 0.6 is 0 Å². The molecule has 4 nitrogen and oxygen atoms in total. The Morgan fingerprint density at radius 2 is 1.71 bits per heavy atom. The van der Waals surface area contributed by atoms with E-state index in [4.69, 9.17) is 0 Å². The Kier molecular flexibility index (Phi) is 7.70. The third-order valence-electron chi connectivity index (χ3n) is 8.20. The van der Waals surface area contributed by atoms with E-state index in [-0.39, 0.29) is 36.1 Å². The van der Waals surface area contributed by atoms with Crippen LogP contribution in [0.1, 0.15) is 67.7 Å². The number of benzene rings is 3. The molecule has 0 bridgehead atoms. The molecule has 5 rings (SSSR count). The van der Waals surface area contributed by atoms with Crippen LogP contribution in [0.4, 0.5) is 32.0 Å². The molecule has 0 spiro atoms. The van der Waals surface area contributed by atoms with Crippen molar-refractivity contribution in [3.05, 3.63) is 83.4 Å². The standard InChI is InChI=1S/C31H29F6NO3/c1-2-25(18-12-14-21(15-13-18)30(32,33)34)38-26-11-5-9-23(19-6-3-8-22(16-19)41-31(35,36)37)28(26)24-10-4-7-20(29(24)38)17-27(39)40/h3,5-6,8-9,11-16,20,24-25,29H,2,4,7,10,17H2,1H3,(H,39,40). The van der Waals surface area contributed by atoms with Crippen LogP contribution < -0.4 is 9.64 Å². The van der Waals surface area contributed by atoms with Crippen molar-refractivity contribution in [3.8, 4) is 16.9 Å². The number of carboxylic acids is 1.